The molecule has 0 radical (unpaired) electrons. The number of amides is 2. The lowest BCUT2D eigenvalue weighted by atomic mass is 10.2. The summed E-state index contributed by atoms with van der Waals surface area (Å²) in [5.74, 6) is 1.81. The van der Waals surface area contributed by atoms with Gasteiger partial charge in [-0.05, 0) is 25.0 Å². The number of aromatic nitrogens is 3. The molecular weight excluding hydrogens is 302 g/mol. The van der Waals surface area contributed by atoms with Crippen LogP contribution < -0.4 is 10.6 Å². The Labute approximate surface area is 133 Å². The van der Waals surface area contributed by atoms with Gasteiger partial charge in [-0.2, -0.15) is 0 Å². The van der Waals surface area contributed by atoms with Crippen molar-refractivity contribution < 1.29 is 4.79 Å². The van der Waals surface area contributed by atoms with E-state index in [-0.39, 0.29) is 6.03 Å². The number of hydrogen-bond acceptors (Lipinski definition) is 3. The number of aryl methyl sites for hydroxylation is 1. The van der Waals surface area contributed by atoms with Crippen LogP contribution in [0.25, 0.3) is 0 Å². The summed E-state index contributed by atoms with van der Waals surface area (Å²) in [5.41, 5.74) is 0.585. The van der Waals surface area contributed by atoms with Crippen molar-refractivity contribution in [2.75, 3.05) is 5.32 Å². The molecule has 0 atom stereocenters. The maximum absolute atomic E-state index is 12.0. The van der Waals surface area contributed by atoms with E-state index in [2.05, 4.69) is 25.4 Å². The number of anilines is 1. The van der Waals surface area contributed by atoms with E-state index in [0.717, 1.165) is 37.5 Å². The Balaban J connectivity index is 1.60. The molecule has 0 bridgehead atoms. The van der Waals surface area contributed by atoms with Gasteiger partial charge in [-0.3, -0.25) is 0 Å². The van der Waals surface area contributed by atoms with Crippen LogP contribution >= 0.6 is 11.6 Å². The summed E-state index contributed by atoms with van der Waals surface area (Å²) in [4.78, 5) is 12.0. The number of rotatable bonds is 3. The summed E-state index contributed by atoms with van der Waals surface area (Å²) in [5, 5.41) is 14.4. The normalized spacial score (nSPS) is 14.0. The molecule has 2 N–H and O–H groups in total. The Hall–Kier alpha value is -2.08. The van der Waals surface area contributed by atoms with Crippen molar-refractivity contribution in [2.24, 2.45) is 0 Å². The quantitative estimate of drug-likeness (QED) is 0.913. The number of urea groups is 1. The molecular formula is C15H18ClN5O. The van der Waals surface area contributed by atoms with Crippen LogP contribution in [0.15, 0.2) is 24.3 Å². The van der Waals surface area contributed by atoms with Crippen molar-refractivity contribution >= 4 is 23.3 Å². The average Bonchev–Trinajstić information content (AvgIpc) is 2.75. The van der Waals surface area contributed by atoms with Gasteiger partial charge in [-0.1, -0.05) is 30.2 Å². The van der Waals surface area contributed by atoms with Crippen LogP contribution in [0.4, 0.5) is 10.5 Å². The number of benzene rings is 1. The molecule has 2 aromatic rings. The predicted molar refractivity (Wildman–Crippen MR) is 84.9 cm³/mol. The highest BCUT2D eigenvalue weighted by Gasteiger charge is 2.15. The molecule has 0 saturated carbocycles. The van der Waals surface area contributed by atoms with E-state index in [4.69, 9.17) is 11.6 Å². The zero-order chi connectivity index (χ0) is 15.4. The molecule has 1 aliphatic heterocycles. The van der Waals surface area contributed by atoms with Gasteiger partial charge in [0.15, 0.2) is 5.82 Å². The van der Waals surface area contributed by atoms with E-state index in [0.29, 0.717) is 17.3 Å². The lowest BCUT2D eigenvalue weighted by Crippen LogP contribution is -2.29. The number of carbonyl (C=O) groups is 1. The van der Waals surface area contributed by atoms with E-state index in [1.807, 2.05) is 12.1 Å². The standard InChI is InChI=1S/C15H18ClN5O/c16-11-6-3-4-7-12(11)18-15(22)17-10-14-20-19-13-8-2-1-5-9-21(13)14/h3-4,6-7H,1-2,5,8-10H2,(H2,17,18,22). The second-order valence-corrected chi connectivity index (χ2v) is 5.69. The average molecular weight is 320 g/mol. The summed E-state index contributed by atoms with van der Waals surface area (Å²) in [6.45, 7) is 1.27. The van der Waals surface area contributed by atoms with Gasteiger partial charge in [0.1, 0.15) is 5.82 Å². The van der Waals surface area contributed by atoms with E-state index in [1.165, 1.54) is 6.42 Å². The van der Waals surface area contributed by atoms with Crippen LogP contribution in [-0.4, -0.2) is 20.8 Å². The van der Waals surface area contributed by atoms with Crippen LogP contribution in [0.1, 0.15) is 30.9 Å². The zero-order valence-corrected chi connectivity index (χ0v) is 12.9. The molecule has 6 nitrogen and oxygen atoms in total. The van der Waals surface area contributed by atoms with Gasteiger partial charge >= 0.3 is 6.03 Å². The van der Waals surface area contributed by atoms with E-state index in [1.54, 1.807) is 12.1 Å². The summed E-state index contributed by atoms with van der Waals surface area (Å²) < 4.78 is 2.11. The number of nitrogens with one attached hydrogen (secondary N) is 2. The maximum atomic E-state index is 12.0. The fourth-order valence-electron chi connectivity index (χ4n) is 2.56. The Morgan fingerprint density at radius 2 is 2.09 bits per heavy atom. The third kappa shape index (κ3) is 3.39. The number of fused-ring (bicyclic) bond motifs is 1. The predicted octanol–water partition coefficient (Wildman–Crippen LogP) is 2.98. The Morgan fingerprint density at radius 1 is 1.23 bits per heavy atom. The van der Waals surface area contributed by atoms with Gasteiger partial charge < -0.3 is 15.2 Å². The molecule has 2 heterocycles. The minimum atomic E-state index is -0.306. The molecule has 0 aliphatic carbocycles. The second kappa shape index (κ2) is 6.79. The van der Waals surface area contributed by atoms with E-state index in [9.17, 15) is 4.79 Å². The third-order valence-electron chi connectivity index (χ3n) is 3.72. The molecule has 7 heteroatoms. The molecule has 1 aromatic carbocycles. The summed E-state index contributed by atoms with van der Waals surface area (Å²) in [6, 6.07) is 6.82. The van der Waals surface area contributed by atoms with Crippen LogP contribution in [0.3, 0.4) is 0 Å². The smallest absolute Gasteiger partial charge is 0.319 e. The molecule has 116 valence electrons. The van der Waals surface area contributed by atoms with Crippen molar-refractivity contribution in [3.63, 3.8) is 0 Å². The third-order valence-corrected chi connectivity index (χ3v) is 4.04. The van der Waals surface area contributed by atoms with Crippen LogP contribution in [0, 0.1) is 0 Å². The second-order valence-electron chi connectivity index (χ2n) is 5.28. The highest BCUT2D eigenvalue weighted by atomic mass is 35.5. The highest BCUT2D eigenvalue weighted by molar-refractivity contribution is 6.33. The minimum Gasteiger partial charge on any atom is -0.331 e. The summed E-state index contributed by atoms with van der Waals surface area (Å²) in [6.07, 6.45) is 4.45. The first kappa shape index (κ1) is 14.8. The fraction of sp³-hybridized carbons (Fsp3) is 0.400. The van der Waals surface area contributed by atoms with Crippen molar-refractivity contribution in [3.05, 3.63) is 40.9 Å². The fourth-order valence-corrected chi connectivity index (χ4v) is 2.75. The number of hydrogen-bond donors (Lipinski definition) is 2. The van der Waals surface area contributed by atoms with Gasteiger partial charge in [0.05, 0.1) is 17.3 Å². The largest absolute Gasteiger partial charge is 0.331 e. The first-order chi connectivity index (χ1) is 10.7. The van der Waals surface area contributed by atoms with Crippen molar-refractivity contribution in [1.82, 2.24) is 20.1 Å². The monoisotopic (exact) mass is 319 g/mol. The minimum absolute atomic E-state index is 0.306. The number of para-hydroxylation sites is 1. The molecule has 0 unspecified atom stereocenters. The summed E-state index contributed by atoms with van der Waals surface area (Å²) >= 11 is 6.01. The number of nitrogens with zero attached hydrogens (tertiary/aromatic N) is 3. The highest BCUT2D eigenvalue weighted by Crippen LogP contribution is 2.20. The number of carbonyl (C=O) groups excluding carboxylic acids is 1. The van der Waals surface area contributed by atoms with Crippen LogP contribution in [0.2, 0.25) is 5.02 Å². The summed E-state index contributed by atoms with van der Waals surface area (Å²) in [7, 11) is 0. The molecule has 0 spiro atoms. The van der Waals surface area contributed by atoms with Crippen LogP contribution in [-0.2, 0) is 19.5 Å². The van der Waals surface area contributed by atoms with Gasteiger partial charge in [0.25, 0.3) is 0 Å². The van der Waals surface area contributed by atoms with Gasteiger partial charge in [-0.25, -0.2) is 4.79 Å². The first-order valence-electron chi connectivity index (χ1n) is 7.44. The lowest BCUT2D eigenvalue weighted by molar-refractivity contribution is 0.251. The molecule has 0 saturated heterocycles. The zero-order valence-electron chi connectivity index (χ0n) is 12.2. The van der Waals surface area contributed by atoms with E-state index >= 15 is 0 Å². The van der Waals surface area contributed by atoms with Crippen molar-refractivity contribution in [2.45, 2.75) is 38.8 Å². The molecule has 1 aromatic heterocycles. The lowest BCUT2D eigenvalue weighted by Gasteiger charge is -2.10. The van der Waals surface area contributed by atoms with Gasteiger partial charge in [-0.15, -0.1) is 10.2 Å². The Morgan fingerprint density at radius 3 is 2.95 bits per heavy atom. The molecule has 22 heavy (non-hydrogen) atoms. The first-order valence-corrected chi connectivity index (χ1v) is 7.82. The SMILES string of the molecule is O=C(NCc1nnc2n1CCCCC2)Nc1ccccc1Cl. The maximum Gasteiger partial charge on any atom is 0.319 e. The van der Waals surface area contributed by atoms with Crippen LogP contribution in [0.5, 0.6) is 0 Å². The topological polar surface area (TPSA) is 71.8 Å². The van der Waals surface area contributed by atoms with E-state index < -0.39 is 0 Å². The van der Waals surface area contributed by atoms with Crippen molar-refractivity contribution in [1.29, 1.82) is 0 Å². The molecule has 0 fully saturated rings. The Bertz CT molecular complexity index is 670. The molecule has 2 amide bonds. The Kier molecular flexibility index (Phi) is 4.58. The molecule has 1 aliphatic rings. The van der Waals surface area contributed by atoms with Gasteiger partial charge in [0.2, 0.25) is 0 Å². The van der Waals surface area contributed by atoms with Crippen molar-refractivity contribution in [3.8, 4) is 0 Å². The number of halogens is 1. The van der Waals surface area contributed by atoms with Gasteiger partial charge in [0, 0.05) is 13.0 Å². The molecule has 3 rings (SSSR count).